The summed E-state index contributed by atoms with van der Waals surface area (Å²) in [5.41, 5.74) is 3.04. The zero-order chi connectivity index (χ0) is 18.1. The predicted molar refractivity (Wildman–Crippen MR) is 99.1 cm³/mol. The number of aliphatic hydroxyl groups excluding tert-OH is 1. The molecule has 0 radical (unpaired) electrons. The van der Waals surface area contributed by atoms with Crippen LogP contribution in [0.15, 0.2) is 48.5 Å². The van der Waals surface area contributed by atoms with Gasteiger partial charge in [0.05, 0.1) is 12.6 Å². The number of hydrogen-bond acceptors (Lipinski definition) is 6. The van der Waals surface area contributed by atoms with Gasteiger partial charge in [-0.25, -0.2) is 0 Å². The highest BCUT2D eigenvalue weighted by Gasteiger charge is 2.28. The summed E-state index contributed by atoms with van der Waals surface area (Å²) in [6.07, 6.45) is 0.706. The van der Waals surface area contributed by atoms with E-state index >= 15 is 0 Å². The average Bonchev–Trinajstić information content (AvgIpc) is 2.66. The maximum Gasteiger partial charge on any atom is 0.230 e. The molecule has 0 fully saturated rings. The SMILES string of the molecule is OC[C@H]1Cc2ccccc2CN1c1nc(Cl)nc(-c2cccc(O)c2)n1. The van der Waals surface area contributed by atoms with Gasteiger partial charge >= 0.3 is 0 Å². The maximum absolute atomic E-state index is 9.86. The molecule has 1 aromatic heterocycles. The van der Waals surface area contributed by atoms with Gasteiger partial charge in [0.15, 0.2) is 5.82 Å². The molecule has 0 unspecified atom stereocenters. The Morgan fingerprint density at radius 3 is 2.62 bits per heavy atom. The smallest absolute Gasteiger partial charge is 0.230 e. The second kappa shape index (κ2) is 6.90. The van der Waals surface area contributed by atoms with Crippen molar-refractivity contribution in [2.75, 3.05) is 11.5 Å². The summed E-state index contributed by atoms with van der Waals surface area (Å²) in [5.74, 6) is 0.920. The van der Waals surface area contributed by atoms with E-state index in [1.165, 1.54) is 11.1 Å². The molecule has 1 aliphatic rings. The molecule has 0 saturated heterocycles. The van der Waals surface area contributed by atoms with Crippen LogP contribution in [0.4, 0.5) is 5.95 Å². The quantitative estimate of drug-likeness (QED) is 0.739. The van der Waals surface area contributed by atoms with Gasteiger partial charge in [0.25, 0.3) is 0 Å². The van der Waals surface area contributed by atoms with Crippen LogP contribution in [-0.4, -0.2) is 37.8 Å². The van der Waals surface area contributed by atoms with Gasteiger partial charge in [0, 0.05) is 12.1 Å². The number of phenols is 1. The number of aromatic hydroxyl groups is 1. The lowest BCUT2D eigenvalue weighted by Gasteiger charge is -2.36. The first kappa shape index (κ1) is 16.8. The van der Waals surface area contributed by atoms with E-state index in [0.29, 0.717) is 30.3 Å². The van der Waals surface area contributed by atoms with Crippen molar-refractivity contribution < 1.29 is 10.2 Å². The van der Waals surface area contributed by atoms with E-state index in [1.807, 2.05) is 17.0 Å². The van der Waals surface area contributed by atoms with Crippen molar-refractivity contribution in [3.8, 4) is 17.1 Å². The van der Waals surface area contributed by atoms with Crippen molar-refractivity contribution in [3.63, 3.8) is 0 Å². The standard InChI is InChI=1S/C19H17ClN4O2/c20-18-21-17(13-6-3-7-16(26)9-13)22-19(23-18)24-10-14-5-2-1-4-12(14)8-15(24)11-25/h1-7,9,15,25-26H,8,10-11H2/t15-/m1/s1. The number of fused-ring (bicyclic) bond motifs is 1. The number of rotatable bonds is 3. The number of anilines is 1. The Kier molecular flexibility index (Phi) is 4.44. The van der Waals surface area contributed by atoms with E-state index in [9.17, 15) is 10.2 Å². The third kappa shape index (κ3) is 3.21. The molecule has 0 saturated carbocycles. The van der Waals surface area contributed by atoms with E-state index in [4.69, 9.17) is 11.6 Å². The van der Waals surface area contributed by atoms with Gasteiger partial charge in [-0.3, -0.25) is 0 Å². The lowest BCUT2D eigenvalue weighted by Crippen LogP contribution is -2.43. The predicted octanol–water partition coefficient (Wildman–Crippen LogP) is 2.82. The number of nitrogens with zero attached hydrogens (tertiary/aromatic N) is 4. The number of aliphatic hydroxyl groups is 1. The van der Waals surface area contributed by atoms with Crippen molar-refractivity contribution >= 4 is 17.5 Å². The fraction of sp³-hybridized carbons (Fsp3) is 0.211. The fourth-order valence-corrected chi connectivity index (χ4v) is 3.38. The minimum absolute atomic E-state index is 0.0148. The highest BCUT2D eigenvalue weighted by atomic mass is 35.5. The number of halogens is 1. The summed E-state index contributed by atoms with van der Waals surface area (Å²) in [7, 11) is 0. The van der Waals surface area contributed by atoms with Crippen LogP contribution in [0.1, 0.15) is 11.1 Å². The van der Waals surface area contributed by atoms with Crippen molar-refractivity contribution in [3.05, 3.63) is 64.9 Å². The Labute approximate surface area is 155 Å². The van der Waals surface area contributed by atoms with E-state index in [0.717, 1.165) is 0 Å². The van der Waals surface area contributed by atoms with Gasteiger partial charge < -0.3 is 15.1 Å². The Morgan fingerprint density at radius 2 is 1.85 bits per heavy atom. The van der Waals surface area contributed by atoms with Gasteiger partial charge in [0.1, 0.15) is 5.75 Å². The molecule has 6 nitrogen and oxygen atoms in total. The first-order valence-electron chi connectivity index (χ1n) is 8.29. The minimum Gasteiger partial charge on any atom is -0.508 e. The third-order valence-electron chi connectivity index (χ3n) is 4.52. The first-order valence-corrected chi connectivity index (χ1v) is 8.67. The summed E-state index contributed by atoms with van der Waals surface area (Å²) in [6.45, 7) is 0.570. The van der Waals surface area contributed by atoms with E-state index < -0.39 is 0 Å². The van der Waals surface area contributed by atoms with E-state index in [-0.39, 0.29) is 23.7 Å². The molecule has 26 heavy (non-hydrogen) atoms. The zero-order valence-electron chi connectivity index (χ0n) is 13.9. The molecule has 1 aliphatic heterocycles. The molecule has 0 amide bonds. The summed E-state index contributed by atoms with van der Waals surface area (Å²) in [4.78, 5) is 14.9. The van der Waals surface area contributed by atoms with Crippen LogP contribution >= 0.6 is 11.6 Å². The molecule has 2 heterocycles. The monoisotopic (exact) mass is 368 g/mol. The fourth-order valence-electron chi connectivity index (χ4n) is 3.23. The lowest BCUT2D eigenvalue weighted by molar-refractivity contribution is 0.252. The number of aromatic nitrogens is 3. The summed E-state index contributed by atoms with van der Waals surface area (Å²) >= 11 is 6.14. The normalized spacial score (nSPS) is 16.4. The van der Waals surface area contributed by atoms with Gasteiger partial charge in [-0.15, -0.1) is 0 Å². The van der Waals surface area contributed by atoms with Gasteiger partial charge in [-0.1, -0.05) is 36.4 Å². The van der Waals surface area contributed by atoms with Crippen LogP contribution in [0, 0.1) is 0 Å². The molecule has 7 heteroatoms. The topological polar surface area (TPSA) is 82.4 Å². The van der Waals surface area contributed by atoms with Crippen LogP contribution in [0.3, 0.4) is 0 Å². The van der Waals surface area contributed by atoms with E-state index in [1.54, 1.807) is 24.3 Å². The molecular formula is C19H17ClN4O2. The molecule has 2 N–H and O–H groups in total. The largest absolute Gasteiger partial charge is 0.508 e. The van der Waals surface area contributed by atoms with Crippen molar-refractivity contribution in [1.29, 1.82) is 0 Å². The molecule has 0 bridgehead atoms. The molecular weight excluding hydrogens is 352 g/mol. The average molecular weight is 369 g/mol. The first-order chi connectivity index (χ1) is 12.6. The molecule has 2 aromatic carbocycles. The van der Waals surface area contributed by atoms with Crippen molar-refractivity contribution in [2.45, 2.75) is 19.0 Å². The lowest BCUT2D eigenvalue weighted by atomic mass is 9.94. The van der Waals surface area contributed by atoms with Crippen LogP contribution < -0.4 is 4.90 Å². The summed E-state index contributed by atoms with van der Waals surface area (Å²) in [5, 5.41) is 19.6. The Hall–Kier alpha value is -2.70. The highest BCUT2D eigenvalue weighted by molar-refractivity contribution is 6.28. The number of phenolic OH excluding ortho intramolecular Hbond substituents is 1. The van der Waals surface area contributed by atoms with Gasteiger partial charge in [-0.05, 0) is 41.3 Å². The Balaban J connectivity index is 1.75. The zero-order valence-corrected chi connectivity index (χ0v) is 14.6. The van der Waals surface area contributed by atoms with Crippen LogP contribution in [0.5, 0.6) is 5.75 Å². The molecule has 0 spiro atoms. The molecule has 1 atom stereocenters. The summed E-state index contributed by atoms with van der Waals surface area (Å²) < 4.78 is 0. The van der Waals surface area contributed by atoms with Crippen LogP contribution in [-0.2, 0) is 13.0 Å². The second-order valence-corrected chi connectivity index (χ2v) is 6.55. The molecule has 0 aliphatic carbocycles. The number of benzene rings is 2. The third-order valence-corrected chi connectivity index (χ3v) is 4.69. The molecule has 4 rings (SSSR count). The maximum atomic E-state index is 9.86. The number of hydrogen-bond donors (Lipinski definition) is 2. The van der Waals surface area contributed by atoms with Crippen LogP contribution in [0.2, 0.25) is 5.28 Å². The van der Waals surface area contributed by atoms with Crippen LogP contribution in [0.25, 0.3) is 11.4 Å². The molecule has 132 valence electrons. The Morgan fingerprint density at radius 1 is 1.04 bits per heavy atom. The van der Waals surface area contributed by atoms with Crippen molar-refractivity contribution in [2.24, 2.45) is 0 Å². The highest BCUT2D eigenvalue weighted by Crippen LogP contribution is 2.29. The summed E-state index contributed by atoms with van der Waals surface area (Å²) in [6, 6.07) is 14.7. The van der Waals surface area contributed by atoms with Crippen molar-refractivity contribution in [1.82, 2.24) is 15.0 Å². The Bertz CT molecular complexity index is 950. The van der Waals surface area contributed by atoms with E-state index in [2.05, 4.69) is 27.1 Å². The minimum atomic E-state index is -0.139. The molecule has 3 aromatic rings. The van der Waals surface area contributed by atoms with Gasteiger partial charge in [0.2, 0.25) is 11.2 Å². The second-order valence-electron chi connectivity index (χ2n) is 6.22. The van der Waals surface area contributed by atoms with Gasteiger partial charge in [-0.2, -0.15) is 15.0 Å².